The van der Waals surface area contributed by atoms with E-state index in [1.54, 1.807) is 0 Å². The molecule has 0 spiro atoms. The summed E-state index contributed by atoms with van der Waals surface area (Å²) in [5.41, 5.74) is 1.09. The van der Waals surface area contributed by atoms with Crippen LogP contribution in [0.15, 0.2) is 24.4 Å². The number of rotatable bonds is 6. The van der Waals surface area contributed by atoms with E-state index in [0.29, 0.717) is 0 Å². The lowest BCUT2D eigenvalue weighted by atomic mass is 9.60. The molecule has 2 unspecified atom stereocenters. The number of anilines is 1. The van der Waals surface area contributed by atoms with E-state index in [9.17, 15) is 0 Å². The smallest absolute Gasteiger partial charge is 0.227 e. The topological polar surface area (TPSA) is 50.1 Å². The van der Waals surface area contributed by atoms with Gasteiger partial charge >= 0.3 is 0 Å². The van der Waals surface area contributed by atoms with Gasteiger partial charge in [0.05, 0.1) is 12.2 Å². The summed E-state index contributed by atoms with van der Waals surface area (Å²) < 4.78 is 2.33. The Kier molecular flexibility index (Phi) is 4.83. The Bertz CT molecular complexity index is 775. The number of fused-ring (bicyclic) bond motifs is 2. The van der Waals surface area contributed by atoms with Crippen molar-refractivity contribution in [3.63, 3.8) is 0 Å². The van der Waals surface area contributed by atoms with Crippen molar-refractivity contribution in [1.29, 1.82) is 0 Å². The predicted molar refractivity (Wildman–Crippen MR) is 110 cm³/mol. The van der Waals surface area contributed by atoms with Gasteiger partial charge in [-0.3, -0.25) is 14.5 Å². The highest BCUT2D eigenvalue weighted by atomic mass is 15.4. The molecule has 3 heterocycles. The summed E-state index contributed by atoms with van der Waals surface area (Å²) in [6.45, 7) is 7.13. The van der Waals surface area contributed by atoms with Crippen molar-refractivity contribution in [3.05, 3.63) is 35.9 Å². The van der Waals surface area contributed by atoms with Crippen LogP contribution in [0, 0.1) is 23.7 Å². The lowest BCUT2D eigenvalue weighted by Gasteiger charge is -2.44. The lowest BCUT2D eigenvalue weighted by Crippen LogP contribution is -2.38. The van der Waals surface area contributed by atoms with Crippen LogP contribution in [0.3, 0.4) is 0 Å². The molecule has 1 saturated heterocycles. The molecule has 2 aromatic rings. The summed E-state index contributed by atoms with van der Waals surface area (Å²) >= 11 is 0. The summed E-state index contributed by atoms with van der Waals surface area (Å²) in [5.74, 6) is 5.87. The van der Waals surface area contributed by atoms with Crippen LogP contribution >= 0.6 is 0 Å². The second-order valence-electron chi connectivity index (χ2n) is 9.06. The maximum absolute atomic E-state index is 4.65. The van der Waals surface area contributed by atoms with E-state index in [0.717, 1.165) is 60.8 Å². The van der Waals surface area contributed by atoms with E-state index < -0.39 is 0 Å². The van der Waals surface area contributed by atoms with Crippen molar-refractivity contribution < 1.29 is 0 Å². The summed E-state index contributed by atoms with van der Waals surface area (Å²) in [7, 11) is 2.13. The van der Waals surface area contributed by atoms with Crippen LogP contribution in [0.25, 0.3) is 0 Å². The van der Waals surface area contributed by atoms with Crippen LogP contribution in [0.2, 0.25) is 0 Å². The summed E-state index contributed by atoms with van der Waals surface area (Å²) in [5, 5.41) is 9.25. The molecule has 6 nitrogen and oxygen atoms in total. The zero-order valence-electron chi connectivity index (χ0n) is 17.2. The molecule has 0 N–H and O–H groups in total. The van der Waals surface area contributed by atoms with Gasteiger partial charge < -0.3 is 4.90 Å². The zero-order valence-corrected chi connectivity index (χ0v) is 17.2. The minimum atomic E-state index is 0.795. The van der Waals surface area contributed by atoms with Crippen LogP contribution in [0.1, 0.15) is 44.1 Å². The molecular weight excluding hydrogens is 348 g/mol. The van der Waals surface area contributed by atoms with Crippen molar-refractivity contribution in [2.24, 2.45) is 23.7 Å². The summed E-state index contributed by atoms with van der Waals surface area (Å²) in [6, 6.07) is 6.08. The molecule has 150 valence electrons. The first-order valence-electron chi connectivity index (χ1n) is 11.0. The molecular formula is C22H32N6. The fourth-order valence-corrected chi connectivity index (χ4v) is 6.08. The molecule has 2 atom stereocenters. The minimum Gasteiger partial charge on any atom is -0.340 e. The van der Waals surface area contributed by atoms with Gasteiger partial charge in [-0.05, 0) is 75.5 Å². The Morgan fingerprint density at radius 1 is 1.00 bits per heavy atom. The normalized spacial score (nSPS) is 28.9. The largest absolute Gasteiger partial charge is 0.340 e. The van der Waals surface area contributed by atoms with Crippen molar-refractivity contribution in [3.8, 4) is 0 Å². The minimum absolute atomic E-state index is 0.795. The van der Waals surface area contributed by atoms with Gasteiger partial charge in [-0.25, -0.2) is 0 Å². The molecule has 1 aliphatic heterocycles. The fraction of sp³-hybridized carbons (Fsp3) is 0.682. The number of aromatic nitrogens is 4. The monoisotopic (exact) mass is 380 g/mol. The average molecular weight is 381 g/mol. The first-order valence-corrected chi connectivity index (χ1v) is 11.0. The van der Waals surface area contributed by atoms with Gasteiger partial charge in [-0.15, -0.1) is 10.2 Å². The number of hydrogen-bond acceptors (Lipinski definition) is 5. The predicted octanol–water partition coefficient (Wildman–Crippen LogP) is 3.20. The third kappa shape index (κ3) is 3.21. The highest BCUT2D eigenvalue weighted by Gasteiger charge is 2.48. The SMILES string of the molecule is CCn1c(CN(C)Cc2ccccn2)nnc1N1CC2C3CCC(CC3)C2C1. The standard InChI is InChI=1S/C22H32N6/c1-3-28-21(15-26(2)12-18-6-4-5-11-23-18)24-25-22(28)27-13-19-16-7-8-17(10-9-16)20(19)14-27/h4-6,11,16-17,19-20H,3,7-10,12-15H2,1-2H3. The maximum Gasteiger partial charge on any atom is 0.227 e. The molecule has 0 amide bonds. The summed E-state index contributed by atoms with van der Waals surface area (Å²) in [6.07, 6.45) is 7.70. The van der Waals surface area contributed by atoms with Gasteiger partial charge in [-0.1, -0.05) is 6.07 Å². The number of nitrogens with zero attached hydrogens (tertiary/aromatic N) is 6. The second kappa shape index (κ2) is 7.47. The van der Waals surface area contributed by atoms with Crippen molar-refractivity contribution in [2.75, 3.05) is 25.0 Å². The number of pyridine rings is 1. The molecule has 2 bridgehead atoms. The number of hydrogen-bond donors (Lipinski definition) is 0. The Labute approximate surface area is 168 Å². The van der Waals surface area contributed by atoms with Crippen LogP contribution < -0.4 is 4.90 Å². The first kappa shape index (κ1) is 18.1. The Balaban J connectivity index is 1.30. The van der Waals surface area contributed by atoms with Crippen molar-refractivity contribution >= 4 is 5.95 Å². The van der Waals surface area contributed by atoms with Gasteiger partial charge in [0.1, 0.15) is 5.82 Å². The van der Waals surface area contributed by atoms with Gasteiger partial charge in [0, 0.05) is 32.4 Å². The first-order chi connectivity index (χ1) is 13.7. The second-order valence-corrected chi connectivity index (χ2v) is 9.06. The highest BCUT2D eigenvalue weighted by molar-refractivity contribution is 5.34. The molecule has 2 aromatic heterocycles. The Morgan fingerprint density at radius 3 is 2.32 bits per heavy atom. The fourth-order valence-electron chi connectivity index (χ4n) is 6.08. The quantitative estimate of drug-likeness (QED) is 0.770. The molecule has 6 heteroatoms. The van der Waals surface area contributed by atoms with Gasteiger partial charge in [-0.2, -0.15) is 0 Å². The lowest BCUT2D eigenvalue weighted by molar-refractivity contribution is 0.0577. The van der Waals surface area contributed by atoms with Gasteiger partial charge in [0.25, 0.3) is 0 Å². The van der Waals surface area contributed by atoms with E-state index >= 15 is 0 Å². The molecule has 0 radical (unpaired) electrons. The molecule has 4 fully saturated rings. The van der Waals surface area contributed by atoms with E-state index in [2.05, 4.69) is 49.6 Å². The van der Waals surface area contributed by atoms with Crippen LogP contribution in [0.4, 0.5) is 5.95 Å². The molecule has 0 aromatic carbocycles. The van der Waals surface area contributed by atoms with Gasteiger partial charge in [0.15, 0.2) is 0 Å². The van der Waals surface area contributed by atoms with E-state index in [1.165, 1.54) is 38.8 Å². The van der Waals surface area contributed by atoms with E-state index in [1.807, 2.05) is 18.3 Å². The molecule has 4 aliphatic rings. The molecule has 6 rings (SSSR count). The molecule has 28 heavy (non-hydrogen) atoms. The highest BCUT2D eigenvalue weighted by Crippen LogP contribution is 2.52. The Morgan fingerprint density at radius 2 is 1.71 bits per heavy atom. The molecule has 3 aliphatic carbocycles. The zero-order chi connectivity index (χ0) is 19.1. The summed E-state index contributed by atoms with van der Waals surface area (Å²) in [4.78, 5) is 9.26. The van der Waals surface area contributed by atoms with Crippen LogP contribution in [-0.4, -0.2) is 44.8 Å². The molecule has 3 saturated carbocycles. The maximum atomic E-state index is 4.65. The van der Waals surface area contributed by atoms with Crippen molar-refractivity contribution in [2.45, 2.75) is 52.2 Å². The third-order valence-electron chi connectivity index (χ3n) is 7.42. The van der Waals surface area contributed by atoms with Crippen LogP contribution in [-0.2, 0) is 19.6 Å². The Hall–Kier alpha value is -1.95. The van der Waals surface area contributed by atoms with Crippen molar-refractivity contribution in [1.82, 2.24) is 24.6 Å². The third-order valence-corrected chi connectivity index (χ3v) is 7.42. The van der Waals surface area contributed by atoms with Crippen LogP contribution in [0.5, 0.6) is 0 Å². The van der Waals surface area contributed by atoms with Gasteiger partial charge in [0.2, 0.25) is 5.95 Å². The van der Waals surface area contributed by atoms with E-state index in [4.69, 9.17) is 0 Å². The average Bonchev–Trinajstić information content (AvgIpc) is 3.34. The van der Waals surface area contributed by atoms with E-state index in [-0.39, 0.29) is 0 Å².